The maximum Gasteiger partial charge on any atom is 0.277 e. The number of nitrogens with one attached hydrogen (secondary N) is 1. The molecule has 11 heteroatoms. The van der Waals surface area contributed by atoms with Crippen LogP contribution in [0.5, 0.6) is 5.75 Å². The lowest BCUT2D eigenvalue weighted by Gasteiger charge is -2.22. The van der Waals surface area contributed by atoms with Gasteiger partial charge in [-0.05, 0) is 62.6 Å². The van der Waals surface area contributed by atoms with E-state index in [0.29, 0.717) is 60.8 Å². The number of aromatic amines is 1. The number of aromatic nitrogens is 4. The van der Waals surface area contributed by atoms with E-state index in [4.69, 9.17) is 9.72 Å². The zero-order valence-corrected chi connectivity index (χ0v) is 22.8. The summed E-state index contributed by atoms with van der Waals surface area (Å²) < 4.78 is 36.2. The minimum Gasteiger partial charge on any atom is -0.493 e. The molecule has 202 valence electrons. The molecule has 2 unspecified atom stereocenters. The number of rotatable bonds is 9. The van der Waals surface area contributed by atoms with Crippen molar-refractivity contribution in [2.24, 2.45) is 18.9 Å². The predicted molar refractivity (Wildman–Crippen MR) is 142 cm³/mol. The lowest BCUT2D eigenvalue weighted by atomic mass is 9.88. The normalized spacial score (nSPS) is 18.1. The fourth-order valence-corrected chi connectivity index (χ4v) is 6.64. The molecule has 4 rings (SSSR count). The van der Waals surface area contributed by atoms with Crippen LogP contribution in [-0.4, -0.2) is 63.9 Å². The molecular formula is C26H37N5O5S. The third-order valence-corrected chi connectivity index (χ3v) is 9.11. The summed E-state index contributed by atoms with van der Waals surface area (Å²) in [5.41, 5.74) is 1.69. The van der Waals surface area contributed by atoms with E-state index < -0.39 is 10.0 Å². The van der Waals surface area contributed by atoms with Gasteiger partial charge in [0.1, 0.15) is 17.1 Å². The van der Waals surface area contributed by atoms with Gasteiger partial charge in [0.05, 0.1) is 22.8 Å². The van der Waals surface area contributed by atoms with Gasteiger partial charge in [-0.2, -0.15) is 9.40 Å². The number of H-pyrrole nitrogens is 1. The highest BCUT2D eigenvalue weighted by Crippen LogP contribution is 2.33. The van der Waals surface area contributed by atoms with Gasteiger partial charge >= 0.3 is 0 Å². The number of benzene rings is 1. The van der Waals surface area contributed by atoms with E-state index in [1.54, 1.807) is 25.2 Å². The minimum atomic E-state index is -3.79. The predicted octanol–water partition coefficient (Wildman–Crippen LogP) is 3.09. The van der Waals surface area contributed by atoms with E-state index in [1.807, 2.05) is 20.8 Å². The first-order valence-corrected chi connectivity index (χ1v) is 14.5. The zero-order chi connectivity index (χ0) is 26.7. The van der Waals surface area contributed by atoms with Crippen molar-refractivity contribution in [2.45, 2.75) is 57.8 Å². The Labute approximate surface area is 217 Å². The fourth-order valence-electron chi connectivity index (χ4n) is 5.12. The zero-order valence-electron chi connectivity index (χ0n) is 22.0. The smallest absolute Gasteiger partial charge is 0.277 e. The molecule has 1 aliphatic heterocycles. The Balaban J connectivity index is 1.77. The summed E-state index contributed by atoms with van der Waals surface area (Å²) in [7, 11) is -2.08. The number of aliphatic hydroxyl groups is 1. The number of nitrogens with zero attached hydrogens (tertiary/aromatic N) is 4. The van der Waals surface area contributed by atoms with Crippen molar-refractivity contribution in [1.29, 1.82) is 0 Å². The topological polar surface area (TPSA) is 130 Å². The molecule has 2 atom stereocenters. The van der Waals surface area contributed by atoms with Crippen molar-refractivity contribution in [2.75, 3.05) is 26.3 Å². The number of hydrogen-bond donors (Lipinski definition) is 2. The fraction of sp³-hybridized carbons (Fsp3) is 0.577. The number of ether oxygens (including phenoxy) is 1. The number of sulfonamides is 1. The molecule has 0 aliphatic carbocycles. The highest BCUT2D eigenvalue weighted by atomic mass is 32.2. The summed E-state index contributed by atoms with van der Waals surface area (Å²) >= 11 is 0. The minimum absolute atomic E-state index is 0.103. The summed E-state index contributed by atoms with van der Waals surface area (Å²) in [6.45, 7) is 7.18. The van der Waals surface area contributed by atoms with Crippen molar-refractivity contribution in [3.05, 3.63) is 34.2 Å². The van der Waals surface area contributed by atoms with Gasteiger partial charge < -0.3 is 14.8 Å². The lowest BCUT2D eigenvalue weighted by Crippen LogP contribution is -2.32. The summed E-state index contributed by atoms with van der Waals surface area (Å²) in [5.74, 6) is 1.12. The number of aryl methyl sites for hydroxylation is 2. The second-order valence-corrected chi connectivity index (χ2v) is 11.7. The molecule has 1 fully saturated rings. The van der Waals surface area contributed by atoms with E-state index in [9.17, 15) is 18.3 Å². The van der Waals surface area contributed by atoms with E-state index in [-0.39, 0.29) is 28.8 Å². The lowest BCUT2D eigenvalue weighted by molar-refractivity contribution is 0.178. The van der Waals surface area contributed by atoms with Crippen LogP contribution in [0.2, 0.25) is 0 Å². The van der Waals surface area contributed by atoms with Gasteiger partial charge in [0.2, 0.25) is 10.0 Å². The average molecular weight is 532 g/mol. The second-order valence-electron chi connectivity index (χ2n) is 9.78. The van der Waals surface area contributed by atoms with E-state index in [2.05, 4.69) is 10.1 Å². The number of hydrogen-bond acceptors (Lipinski definition) is 7. The molecule has 10 nitrogen and oxygen atoms in total. The molecule has 1 aliphatic rings. The Morgan fingerprint density at radius 2 is 2.03 bits per heavy atom. The van der Waals surface area contributed by atoms with Crippen molar-refractivity contribution in [1.82, 2.24) is 24.1 Å². The number of aliphatic hydroxyl groups excluding tert-OH is 1. The van der Waals surface area contributed by atoms with Crippen LogP contribution < -0.4 is 10.3 Å². The molecule has 0 amide bonds. The first-order chi connectivity index (χ1) is 17.7. The molecule has 3 heterocycles. The maximum absolute atomic E-state index is 13.7. The summed E-state index contributed by atoms with van der Waals surface area (Å²) in [5, 5.41) is 14.0. The Bertz CT molecular complexity index is 1410. The molecule has 1 saturated heterocycles. The van der Waals surface area contributed by atoms with Gasteiger partial charge in [0.15, 0.2) is 5.52 Å². The van der Waals surface area contributed by atoms with Crippen LogP contribution in [0.15, 0.2) is 27.9 Å². The standard InChI is InChI=1S/C26H37N5O5S/c1-5-8-21-23-24(30(4)29-21)26(33)28-25(27-23)20-15-19(10-11-22(20)36-6-2)37(34,35)31-13-7-9-18(12-14-31)17(3)16-32/h10-11,15,17-18,32H,5-9,12-14,16H2,1-4H3,(H,27,28,33). The molecular weight excluding hydrogens is 494 g/mol. The molecule has 2 N–H and O–H groups in total. The molecule has 0 bridgehead atoms. The van der Waals surface area contributed by atoms with E-state index in [0.717, 1.165) is 25.0 Å². The largest absolute Gasteiger partial charge is 0.493 e. The van der Waals surface area contributed by atoms with Gasteiger partial charge in [0.25, 0.3) is 5.56 Å². The first kappa shape index (κ1) is 27.3. The van der Waals surface area contributed by atoms with Crippen LogP contribution in [0.4, 0.5) is 0 Å². The molecule has 0 radical (unpaired) electrons. The average Bonchev–Trinajstić information content (AvgIpc) is 3.04. The van der Waals surface area contributed by atoms with Crippen molar-refractivity contribution >= 4 is 21.1 Å². The third-order valence-electron chi connectivity index (χ3n) is 7.22. The van der Waals surface area contributed by atoms with Crippen LogP contribution in [0, 0.1) is 11.8 Å². The van der Waals surface area contributed by atoms with Crippen molar-refractivity contribution in [3.63, 3.8) is 0 Å². The van der Waals surface area contributed by atoms with Crippen LogP contribution in [0.25, 0.3) is 22.4 Å². The summed E-state index contributed by atoms with van der Waals surface area (Å²) in [6, 6.07) is 4.71. The molecule has 3 aromatic rings. The van der Waals surface area contributed by atoms with E-state index >= 15 is 0 Å². The molecule has 37 heavy (non-hydrogen) atoms. The Kier molecular flexibility index (Phi) is 8.35. The van der Waals surface area contributed by atoms with Crippen LogP contribution >= 0.6 is 0 Å². The van der Waals surface area contributed by atoms with Gasteiger partial charge in [-0.15, -0.1) is 0 Å². The monoisotopic (exact) mass is 531 g/mol. The van der Waals surface area contributed by atoms with Crippen molar-refractivity contribution < 1.29 is 18.3 Å². The Hall–Kier alpha value is -2.76. The summed E-state index contributed by atoms with van der Waals surface area (Å²) in [4.78, 5) is 20.7. The summed E-state index contributed by atoms with van der Waals surface area (Å²) in [6.07, 6.45) is 3.85. The van der Waals surface area contributed by atoms with Crippen molar-refractivity contribution in [3.8, 4) is 17.1 Å². The highest BCUT2D eigenvalue weighted by molar-refractivity contribution is 7.89. The molecule has 1 aromatic carbocycles. The SMILES string of the molecule is CCCc1nn(C)c2c(=O)[nH]c(-c3cc(S(=O)(=O)N4CCCC(C(C)CO)CC4)ccc3OCC)nc12. The van der Waals surface area contributed by atoms with Gasteiger partial charge in [-0.25, -0.2) is 13.4 Å². The molecule has 2 aromatic heterocycles. The van der Waals surface area contributed by atoms with Gasteiger partial charge in [-0.1, -0.05) is 20.3 Å². The van der Waals surface area contributed by atoms with E-state index in [1.165, 1.54) is 8.99 Å². The second kappa shape index (κ2) is 11.3. The first-order valence-electron chi connectivity index (χ1n) is 13.0. The van der Waals surface area contributed by atoms with Crippen LogP contribution in [0.1, 0.15) is 52.1 Å². The van der Waals surface area contributed by atoms with Gasteiger partial charge in [0, 0.05) is 26.7 Å². The maximum atomic E-state index is 13.7. The van der Waals surface area contributed by atoms with Crippen LogP contribution in [0.3, 0.4) is 0 Å². The third kappa shape index (κ3) is 5.44. The number of fused-ring (bicyclic) bond motifs is 1. The highest BCUT2D eigenvalue weighted by Gasteiger charge is 2.30. The van der Waals surface area contributed by atoms with Crippen LogP contribution in [-0.2, 0) is 23.5 Å². The quantitative estimate of drug-likeness (QED) is 0.434. The Morgan fingerprint density at radius 1 is 1.24 bits per heavy atom. The molecule has 0 saturated carbocycles. The Morgan fingerprint density at radius 3 is 2.73 bits per heavy atom. The molecule has 0 spiro atoms. The van der Waals surface area contributed by atoms with Gasteiger partial charge in [-0.3, -0.25) is 9.48 Å².